The summed E-state index contributed by atoms with van der Waals surface area (Å²) in [6, 6.07) is 22.9. The van der Waals surface area contributed by atoms with Gasteiger partial charge in [0.05, 0.1) is 28.0 Å². The number of nitrogens with zero attached hydrogens (tertiary/aromatic N) is 2. The molecule has 0 saturated heterocycles. The van der Waals surface area contributed by atoms with Crippen molar-refractivity contribution in [2.75, 3.05) is 5.32 Å². The van der Waals surface area contributed by atoms with Crippen LogP contribution in [0.25, 0.3) is 22.6 Å². The summed E-state index contributed by atoms with van der Waals surface area (Å²) in [5.74, 6) is -0.937. The smallest absolute Gasteiger partial charge is 0.339 e. The van der Waals surface area contributed by atoms with Crippen LogP contribution in [0.1, 0.15) is 46.1 Å². The lowest BCUT2D eigenvalue weighted by molar-refractivity contribution is -0.123. The van der Waals surface area contributed by atoms with Crippen LogP contribution in [-0.2, 0) is 16.0 Å². The molecule has 1 heterocycles. The van der Waals surface area contributed by atoms with Gasteiger partial charge in [-0.05, 0) is 72.9 Å². The maximum Gasteiger partial charge on any atom is 0.339 e. The third kappa shape index (κ3) is 4.78. The van der Waals surface area contributed by atoms with Gasteiger partial charge in [0, 0.05) is 5.39 Å². The molecule has 1 aliphatic rings. The van der Waals surface area contributed by atoms with Crippen molar-refractivity contribution in [2.24, 2.45) is 0 Å². The number of esters is 1. The molecule has 0 saturated carbocycles. The third-order valence-electron chi connectivity index (χ3n) is 6.34. The van der Waals surface area contributed by atoms with E-state index in [0.717, 1.165) is 22.4 Å². The standard InChI is InChI=1S/C30H23N3O4/c1-18(29(35)33-25-8-4-2-6-21(25)17-31)37-30(36)27-23-7-3-5-9-26(23)32-28-20(12-15-24(27)28)16-19-10-13-22(34)14-11-19/h2-11,13-14,16,18,34H,12,15H2,1H3,(H,33,35)/b20-16+. The van der Waals surface area contributed by atoms with Gasteiger partial charge in [-0.3, -0.25) is 4.79 Å². The summed E-state index contributed by atoms with van der Waals surface area (Å²) in [6.07, 6.45) is 2.22. The first kappa shape index (κ1) is 23.8. The minimum absolute atomic E-state index is 0.192. The maximum absolute atomic E-state index is 13.5. The number of carbonyl (C=O) groups excluding carboxylic acids is 2. The van der Waals surface area contributed by atoms with Gasteiger partial charge in [0.25, 0.3) is 5.91 Å². The van der Waals surface area contributed by atoms with Crippen molar-refractivity contribution < 1.29 is 19.4 Å². The summed E-state index contributed by atoms with van der Waals surface area (Å²) >= 11 is 0. The topological polar surface area (TPSA) is 112 Å². The first-order valence-electron chi connectivity index (χ1n) is 11.9. The van der Waals surface area contributed by atoms with Crippen LogP contribution in [0.2, 0.25) is 0 Å². The number of benzene rings is 3. The second kappa shape index (κ2) is 9.96. The summed E-state index contributed by atoms with van der Waals surface area (Å²) in [5, 5.41) is 22.2. The maximum atomic E-state index is 13.5. The molecule has 0 aliphatic heterocycles. The molecule has 1 unspecified atom stereocenters. The largest absolute Gasteiger partial charge is 0.508 e. The Morgan fingerprint density at radius 2 is 1.78 bits per heavy atom. The molecule has 0 spiro atoms. The first-order chi connectivity index (χ1) is 17.9. The van der Waals surface area contributed by atoms with Crippen LogP contribution >= 0.6 is 0 Å². The van der Waals surface area contributed by atoms with E-state index in [1.54, 1.807) is 36.4 Å². The zero-order chi connectivity index (χ0) is 25.9. The molecular weight excluding hydrogens is 466 g/mol. The van der Waals surface area contributed by atoms with E-state index in [1.807, 2.05) is 48.5 Å². The van der Waals surface area contributed by atoms with Crippen LogP contribution in [0.4, 0.5) is 5.69 Å². The molecule has 5 rings (SSSR count). The van der Waals surface area contributed by atoms with Gasteiger partial charge in [0.1, 0.15) is 11.8 Å². The van der Waals surface area contributed by atoms with Gasteiger partial charge in [0.2, 0.25) is 0 Å². The summed E-state index contributed by atoms with van der Waals surface area (Å²) in [6.45, 7) is 1.50. The number of aromatic hydroxyl groups is 1. The van der Waals surface area contributed by atoms with Gasteiger partial charge in [-0.25, -0.2) is 9.78 Å². The van der Waals surface area contributed by atoms with Crippen LogP contribution in [0, 0.1) is 11.3 Å². The number of pyridine rings is 1. The van der Waals surface area contributed by atoms with E-state index in [-0.39, 0.29) is 5.75 Å². The van der Waals surface area contributed by atoms with E-state index in [1.165, 1.54) is 6.92 Å². The van der Waals surface area contributed by atoms with Gasteiger partial charge in [0.15, 0.2) is 6.10 Å². The summed E-state index contributed by atoms with van der Waals surface area (Å²) in [4.78, 5) is 31.1. The highest BCUT2D eigenvalue weighted by atomic mass is 16.5. The molecule has 7 heteroatoms. The summed E-state index contributed by atoms with van der Waals surface area (Å²) in [5.41, 5.74) is 5.17. The third-order valence-corrected chi connectivity index (χ3v) is 6.34. The van der Waals surface area contributed by atoms with E-state index in [0.29, 0.717) is 40.6 Å². The van der Waals surface area contributed by atoms with Crippen molar-refractivity contribution in [3.63, 3.8) is 0 Å². The number of anilines is 1. The van der Waals surface area contributed by atoms with Gasteiger partial charge in [-0.15, -0.1) is 0 Å². The molecule has 37 heavy (non-hydrogen) atoms. The Labute approximate surface area is 213 Å². The zero-order valence-corrected chi connectivity index (χ0v) is 20.1. The van der Waals surface area contributed by atoms with Gasteiger partial charge in [-0.1, -0.05) is 42.5 Å². The molecule has 1 amide bonds. The number of carbonyl (C=O) groups is 2. The monoisotopic (exact) mass is 489 g/mol. The lowest BCUT2D eigenvalue weighted by Crippen LogP contribution is -2.30. The molecule has 3 aromatic carbocycles. The molecule has 1 aromatic heterocycles. The number of hydrogen-bond acceptors (Lipinski definition) is 6. The van der Waals surface area contributed by atoms with Crippen LogP contribution in [-0.4, -0.2) is 28.1 Å². The minimum atomic E-state index is -1.09. The number of hydrogen-bond donors (Lipinski definition) is 2. The molecule has 182 valence electrons. The number of rotatable bonds is 5. The molecule has 0 fully saturated rings. The number of ether oxygens (including phenoxy) is 1. The van der Waals surface area contributed by atoms with Crippen LogP contribution < -0.4 is 5.32 Å². The van der Waals surface area contributed by atoms with Gasteiger partial charge in [-0.2, -0.15) is 5.26 Å². The lowest BCUT2D eigenvalue weighted by Gasteiger charge is -2.17. The van der Waals surface area contributed by atoms with Crippen LogP contribution in [0.15, 0.2) is 72.8 Å². The van der Waals surface area contributed by atoms with Crippen molar-refractivity contribution in [1.82, 2.24) is 4.98 Å². The lowest BCUT2D eigenvalue weighted by atomic mass is 10.0. The Hall–Kier alpha value is -4.96. The average molecular weight is 490 g/mol. The van der Waals surface area contributed by atoms with Gasteiger partial charge < -0.3 is 15.2 Å². The van der Waals surface area contributed by atoms with Crippen molar-refractivity contribution in [1.29, 1.82) is 5.26 Å². The molecule has 2 N–H and O–H groups in total. The fourth-order valence-electron chi connectivity index (χ4n) is 4.48. The first-order valence-corrected chi connectivity index (χ1v) is 11.9. The molecule has 0 bridgehead atoms. The Kier molecular flexibility index (Phi) is 6.40. The van der Waals surface area contributed by atoms with Gasteiger partial charge >= 0.3 is 5.97 Å². The Morgan fingerprint density at radius 1 is 1.05 bits per heavy atom. The molecular formula is C30H23N3O4. The molecule has 1 aliphatic carbocycles. The Morgan fingerprint density at radius 3 is 2.57 bits per heavy atom. The fourth-order valence-corrected chi connectivity index (χ4v) is 4.48. The van der Waals surface area contributed by atoms with Crippen molar-refractivity contribution in [3.05, 3.63) is 101 Å². The molecule has 0 radical (unpaired) electrons. The second-order valence-electron chi connectivity index (χ2n) is 8.79. The number of nitrogens with one attached hydrogen (secondary N) is 1. The van der Waals surface area contributed by atoms with E-state index in [4.69, 9.17) is 9.72 Å². The highest BCUT2D eigenvalue weighted by Gasteiger charge is 2.29. The van der Waals surface area contributed by atoms with Crippen molar-refractivity contribution >= 4 is 40.1 Å². The molecule has 1 atom stereocenters. The summed E-state index contributed by atoms with van der Waals surface area (Å²) < 4.78 is 5.64. The SMILES string of the molecule is CC(OC(=O)c1c2c(nc3ccccc13)/C(=C/c1ccc(O)cc1)CC2)C(=O)Nc1ccccc1C#N. The normalized spacial score (nSPS) is 14.1. The van der Waals surface area contributed by atoms with Crippen molar-refractivity contribution in [2.45, 2.75) is 25.9 Å². The number of para-hydroxylation sites is 2. The highest BCUT2D eigenvalue weighted by molar-refractivity contribution is 6.08. The number of fused-ring (bicyclic) bond motifs is 2. The average Bonchev–Trinajstić information content (AvgIpc) is 3.30. The van der Waals surface area contributed by atoms with E-state index >= 15 is 0 Å². The quantitative estimate of drug-likeness (QED) is 0.359. The second-order valence-corrected chi connectivity index (χ2v) is 8.79. The number of phenols is 1. The fraction of sp³-hybridized carbons (Fsp3) is 0.133. The predicted molar refractivity (Wildman–Crippen MR) is 141 cm³/mol. The number of phenolic OH excluding ortho intramolecular Hbond substituents is 1. The summed E-state index contributed by atoms with van der Waals surface area (Å²) in [7, 11) is 0. The van der Waals surface area contributed by atoms with Crippen LogP contribution in [0.3, 0.4) is 0 Å². The van der Waals surface area contributed by atoms with Crippen LogP contribution in [0.5, 0.6) is 5.75 Å². The van der Waals surface area contributed by atoms with E-state index in [9.17, 15) is 20.0 Å². The molecule has 4 aromatic rings. The number of amides is 1. The Bertz CT molecular complexity index is 1600. The highest BCUT2D eigenvalue weighted by Crippen LogP contribution is 2.38. The number of allylic oxidation sites excluding steroid dienone is 1. The zero-order valence-electron chi connectivity index (χ0n) is 20.1. The van der Waals surface area contributed by atoms with E-state index < -0.39 is 18.0 Å². The number of nitriles is 1. The Balaban J connectivity index is 1.46. The number of aromatic nitrogens is 1. The molecule has 7 nitrogen and oxygen atoms in total. The van der Waals surface area contributed by atoms with Crippen molar-refractivity contribution in [3.8, 4) is 11.8 Å². The minimum Gasteiger partial charge on any atom is -0.508 e. The predicted octanol–water partition coefficient (Wildman–Crippen LogP) is 5.48. The van der Waals surface area contributed by atoms with E-state index in [2.05, 4.69) is 5.32 Å².